The first-order valence-electron chi connectivity index (χ1n) is 6.36. The lowest BCUT2D eigenvalue weighted by molar-refractivity contribution is 0.0694. The van der Waals surface area contributed by atoms with E-state index in [4.69, 9.17) is 4.74 Å². The molecule has 4 heteroatoms. The van der Waals surface area contributed by atoms with Crippen LogP contribution in [-0.2, 0) is 4.74 Å². The maximum absolute atomic E-state index is 9.77. The molecule has 1 atom stereocenters. The Morgan fingerprint density at radius 2 is 2.11 bits per heavy atom. The SMILES string of the molecule is COC[C@@H](O)CN(C)c1cc(C)c2ccccc2n1. The molecule has 102 valence electrons. The monoisotopic (exact) mass is 260 g/mol. The predicted molar refractivity (Wildman–Crippen MR) is 77.6 cm³/mol. The minimum atomic E-state index is -0.511. The zero-order chi connectivity index (χ0) is 13.8. The second-order valence-corrected chi connectivity index (χ2v) is 4.80. The second-order valence-electron chi connectivity index (χ2n) is 4.80. The van der Waals surface area contributed by atoms with Crippen molar-refractivity contribution in [1.82, 2.24) is 4.98 Å². The van der Waals surface area contributed by atoms with Gasteiger partial charge in [0.15, 0.2) is 0 Å². The van der Waals surface area contributed by atoms with Gasteiger partial charge in [0, 0.05) is 26.1 Å². The number of aromatic nitrogens is 1. The Kier molecular flexibility index (Phi) is 4.35. The molecule has 2 rings (SSSR count). The van der Waals surface area contributed by atoms with Crippen molar-refractivity contribution in [1.29, 1.82) is 0 Å². The normalized spacial score (nSPS) is 12.6. The smallest absolute Gasteiger partial charge is 0.129 e. The van der Waals surface area contributed by atoms with E-state index in [9.17, 15) is 5.11 Å². The van der Waals surface area contributed by atoms with E-state index < -0.39 is 6.10 Å². The summed E-state index contributed by atoms with van der Waals surface area (Å²) in [7, 11) is 3.51. The zero-order valence-corrected chi connectivity index (χ0v) is 11.6. The molecule has 0 fully saturated rings. The molecule has 4 nitrogen and oxygen atoms in total. The lowest BCUT2D eigenvalue weighted by Crippen LogP contribution is -2.32. The summed E-state index contributed by atoms with van der Waals surface area (Å²) < 4.78 is 4.94. The van der Waals surface area contributed by atoms with Crippen LogP contribution in [0, 0.1) is 6.92 Å². The number of likely N-dealkylation sites (N-methyl/N-ethyl adjacent to an activating group) is 1. The van der Waals surface area contributed by atoms with Crippen molar-refractivity contribution in [3.05, 3.63) is 35.9 Å². The van der Waals surface area contributed by atoms with Crippen LogP contribution in [0.4, 0.5) is 5.82 Å². The van der Waals surface area contributed by atoms with Crippen LogP contribution >= 0.6 is 0 Å². The Balaban J connectivity index is 2.25. The van der Waals surface area contributed by atoms with Crippen molar-refractivity contribution in [2.75, 3.05) is 32.2 Å². The largest absolute Gasteiger partial charge is 0.389 e. The zero-order valence-electron chi connectivity index (χ0n) is 11.6. The molecule has 1 heterocycles. The first-order valence-corrected chi connectivity index (χ1v) is 6.36. The molecule has 0 bridgehead atoms. The van der Waals surface area contributed by atoms with Crippen molar-refractivity contribution < 1.29 is 9.84 Å². The number of ether oxygens (including phenoxy) is 1. The van der Waals surface area contributed by atoms with Gasteiger partial charge in [-0.05, 0) is 24.6 Å². The van der Waals surface area contributed by atoms with E-state index >= 15 is 0 Å². The third-order valence-corrected chi connectivity index (χ3v) is 3.14. The number of rotatable bonds is 5. The Morgan fingerprint density at radius 1 is 1.37 bits per heavy atom. The Bertz CT molecular complexity index is 557. The highest BCUT2D eigenvalue weighted by atomic mass is 16.5. The maximum atomic E-state index is 9.77. The lowest BCUT2D eigenvalue weighted by atomic mass is 10.1. The van der Waals surface area contributed by atoms with Gasteiger partial charge in [-0.15, -0.1) is 0 Å². The highest BCUT2D eigenvalue weighted by Gasteiger charge is 2.11. The van der Waals surface area contributed by atoms with E-state index in [-0.39, 0.29) is 0 Å². The summed E-state index contributed by atoms with van der Waals surface area (Å²) in [5, 5.41) is 10.9. The summed E-state index contributed by atoms with van der Waals surface area (Å²) >= 11 is 0. The van der Waals surface area contributed by atoms with Crippen molar-refractivity contribution in [3.8, 4) is 0 Å². The van der Waals surface area contributed by atoms with Gasteiger partial charge in [-0.3, -0.25) is 0 Å². The van der Waals surface area contributed by atoms with Crippen LogP contribution in [0.1, 0.15) is 5.56 Å². The summed E-state index contributed by atoms with van der Waals surface area (Å²) in [6.45, 7) is 2.91. The molecule has 2 aromatic rings. The van der Waals surface area contributed by atoms with E-state index in [2.05, 4.69) is 18.0 Å². The number of hydrogen-bond acceptors (Lipinski definition) is 4. The summed E-state index contributed by atoms with van der Waals surface area (Å²) in [4.78, 5) is 6.57. The second kappa shape index (κ2) is 5.99. The number of hydrogen-bond donors (Lipinski definition) is 1. The molecule has 0 saturated heterocycles. The molecule has 0 radical (unpaired) electrons. The van der Waals surface area contributed by atoms with E-state index in [1.807, 2.05) is 36.2 Å². The van der Waals surface area contributed by atoms with Gasteiger partial charge in [0.25, 0.3) is 0 Å². The Labute approximate surface area is 113 Å². The number of anilines is 1. The molecule has 1 N–H and O–H groups in total. The predicted octanol–water partition coefficient (Wildman–Crippen LogP) is 1.99. The van der Waals surface area contributed by atoms with Crippen LogP contribution < -0.4 is 4.90 Å². The minimum absolute atomic E-state index is 0.330. The minimum Gasteiger partial charge on any atom is -0.389 e. The van der Waals surface area contributed by atoms with Crippen LogP contribution in [0.5, 0.6) is 0 Å². The highest BCUT2D eigenvalue weighted by molar-refractivity contribution is 5.83. The van der Waals surface area contributed by atoms with Gasteiger partial charge in [-0.25, -0.2) is 4.98 Å². The number of fused-ring (bicyclic) bond motifs is 1. The van der Waals surface area contributed by atoms with E-state index in [0.29, 0.717) is 13.2 Å². The molecule has 1 aromatic carbocycles. The van der Waals surface area contributed by atoms with Crippen molar-refractivity contribution >= 4 is 16.7 Å². The quantitative estimate of drug-likeness (QED) is 0.893. The molecule has 0 aliphatic rings. The van der Waals surface area contributed by atoms with Gasteiger partial charge >= 0.3 is 0 Å². The van der Waals surface area contributed by atoms with Gasteiger partial charge < -0.3 is 14.7 Å². The van der Waals surface area contributed by atoms with Crippen LogP contribution in [0.2, 0.25) is 0 Å². The number of pyridine rings is 1. The third kappa shape index (κ3) is 3.22. The number of aliphatic hydroxyl groups excluding tert-OH is 1. The average Bonchev–Trinajstić information content (AvgIpc) is 2.39. The Morgan fingerprint density at radius 3 is 2.84 bits per heavy atom. The van der Waals surface area contributed by atoms with Crippen LogP contribution in [0.15, 0.2) is 30.3 Å². The molecule has 0 amide bonds. The number of nitrogens with zero attached hydrogens (tertiary/aromatic N) is 2. The van der Waals surface area contributed by atoms with Crippen LogP contribution in [0.3, 0.4) is 0 Å². The van der Waals surface area contributed by atoms with Gasteiger partial charge in [0.05, 0.1) is 18.2 Å². The lowest BCUT2D eigenvalue weighted by Gasteiger charge is -2.22. The number of methoxy groups -OCH3 is 1. The molecular formula is C15H20N2O2. The topological polar surface area (TPSA) is 45.6 Å². The fraction of sp³-hybridized carbons (Fsp3) is 0.400. The van der Waals surface area contributed by atoms with E-state index in [1.165, 1.54) is 5.56 Å². The third-order valence-electron chi connectivity index (χ3n) is 3.14. The maximum Gasteiger partial charge on any atom is 0.129 e. The van der Waals surface area contributed by atoms with Crippen LogP contribution in [-0.4, -0.2) is 43.5 Å². The van der Waals surface area contributed by atoms with Gasteiger partial charge in [-0.2, -0.15) is 0 Å². The Hall–Kier alpha value is -1.65. The molecule has 0 aliphatic heterocycles. The molecule has 1 aromatic heterocycles. The number of para-hydroxylation sites is 1. The summed E-state index contributed by atoms with van der Waals surface area (Å²) in [6, 6.07) is 10.1. The summed E-state index contributed by atoms with van der Waals surface area (Å²) in [6.07, 6.45) is -0.511. The van der Waals surface area contributed by atoms with E-state index in [1.54, 1.807) is 7.11 Å². The molecule has 0 aliphatic carbocycles. The van der Waals surface area contributed by atoms with Crippen molar-refractivity contribution in [2.24, 2.45) is 0 Å². The fourth-order valence-electron chi connectivity index (χ4n) is 2.18. The van der Waals surface area contributed by atoms with Crippen molar-refractivity contribution in [3.63, 3.8) is 0 Å². The molecule has 0 spiro atoms. The number of benzene rings is 1. The molecular weight excluding hydrogens is 240 g/mol. The first-order chi connectivity index (χ1) is 9.11. The molecule has 19 heavy (non-hydrogen) atoms. The number of aryl methyl sites for hydroxylation is 1. The summed E-state index contributed by atoms with van der Waals surface area (Å²) in [5.74, 6) is 0.867. The highest BCUT2D eigenvalue weighted by Crippen LogP contribution is 2.21. The number of aliphatic hydroxyl groups is 1. The summed E-state index contributed by atoms with van der Waals surface area (Å²) in [5.41, 5.74) is 2.17. The average molecular weight is 260 g/mol. The van der Waals surface area contributed by atoms with Crippen LogP contribution in [0.25, 0.3) is 10.9 Å². The van der Waals surface area contributed by atoms with E-state index in [0.717, 1.165) is 16.7 Å². The standard InChI is InChI=1S/C15H20N2O2/c1-11-8-15(17(2)9-12(18)10-19-3)16-14-7-5-4-6-13(11)14/h4-8,12,18H,9-10H2,1-3H3/t12-/m0/s1. The van der Waals surface area contributed by atoms with Gasteiger partial charge in [0.2, 0.25) is 0 Å². The molecule has 0 unspecified atom stereocenters. The molecule has 0 saturated carbocycles. The van der Waals surface area contributed by atoms with Crippen molar-refractivity contribution in [2.45, 2.75) is 13.0 Å². The first kappa shape index (κ1) is 13.8. The van der Waals surface area contributed by atoms with Gasteiger partial charge in [0.1, 0.15) is 5.82 Å². The fourth-order valence-corrected chi connectivity index (χ4v) is 2.18. The van der Waals surface area contributed by atoms with Gasteiger partial charge in [-0.1, -0.05) is 18.2 Å².